The molecule has 0 aromatic heterocycles. The van der Waals surface area contributed by atoms with Gasteiger partial charge >= 0.3 is 0 Å². The molecule has 4 unspecified atom stereocenters. The number of hydrogen-bond donors (Lipinski definition) is 1. The highest BCUT2D eigenvalue weighted by atomic mass is 16.5. The standard InChI is InChI=1S/C16H34N2O/c1-6-8-14-9-10-15(17-7-2)16(11-14)18(4)13(3)12-19-5/h13-17H,6-12H2,1-5H3. The summed E-state index contributed by atoms with van der Waals surface area (Å²) in [7, 11) is 4.07. The van der Waals surface area contributed by atoms with Crippen molar-refractivity contribution in [3.63, 3.8) is 0 Å². The van der Waals surface area contributed by atoms with Crippen LogP contribution in [0.15, 0.2) is 0 Å². The molecule has 0 heterocycles. The summed E-state index contributed by atoms with van der Waals surface area (Å²) < 4.78 is 5.32. The first-order valence-corrected chi connectivity index (χ1v) is 8.08. The van der Waals surface area contributed by atoms with Crippen LogP contribution in [0.4, 0.5) is 0 Å². The number of ether oxygens (including phenoxy) is 1. The van der Waals surface area contributed by atoms with Crippen LogP contribution in [0.25, 0.3) is 0 Å². The van der Waals surface area contributed by atoms with Gasteiger partial charge < -0.3 is 10.1 Å². The largest absolute Gasteiger partial charge is 0.383 e. The monoisotopic (exact) mass is 270 g/mol. The first-order valence-electron chi connectivity index (χ1n) is 8.08. The average molecular weight is 270 g/mol. The second kappa shape index (κ2) is 8.93. The molecular weight excluding hydrogens is 236 g/mol. The lowest BCUT2D eigenvalue weighted by molar-refractivity contribution is 0.0475. The molecule has 114 valence electrons. The summed E-state index contributed by atoms with van der Waals surface area (Å²) in [6.45, 7) is 8.70. The summed E-state index contributed by atoms with van der Waals surface area (Å²) >= 11 is 0. The van der Waals surface area contributed by atoms with E-state index in [0.717, 1.165) is 19.1 Å². The first kappa shape index (κ1) is 16.9. The van der Waals surface area contributed by atoms with Crippen molar-refractivity contribution >= 4 is 0 Å². The number of hydrogen-bond acceptors (Lipinski definition) is 3. The lowest BCUT2D eigenvalue weighted by atomic mass is 9.79. The van der Waals surface area contributed by atoms with Gasteiger partial charge in [0.1, 0.15) is 0 Å². The van der Waals surface area contributed by atoms with Crippen LogP contribution in [0.3, 0.4) is 0 Å². The van der Waals surface area contributed by atoms with E-state index in [-0.39, 0.29) is 0 Å². The SMILES string of the molecule is CCCC1CCC(NCC)C(N(C)C(C)COC)C1. The number of methoxy groups -OCH3 is 1. The third-order valence-electron chi connectivity index (χ3n) is 4.71. The molecule has 4 atom stereocenters. The van der Waals surface area contributed by atoms with Gasteiger partial charge in [-0.05, 0) is 45.7 Å². The van der Waals surface area contributed by atoms with E-state index in [2.05, 4.69) is 38.0 Å². The molecule has 0 aromatic carbocycles. The first-order chi connectivity index (χ1) is 9.13. The van der Waals surface area contributed by atoms with Crippen molar-refractivity contribution in [1.82, 2.24) is 10.2 Å². The topological polar surface area (TPSA) is 24.5 Å². The zero-order valence-corrected chi connectivity index (χ0v) is 13.6. The molecule has 0 spiro atoms. The Morgan fingerprint density at radius 2 is 2.05 bits per heavy atom. The summed E-state index contributed by atoms with van der Waals surface area (Å²) in [5.41, 5.74) is 0. The Hall–Kier alpha value is -0.120. The summed E-state index contributed by atoms with van der Waals surface area (Å²) in [6.07, 6.45) is 6.78. The Balaban J connectivity index is 2.64. The van der Waals surface area contributed by atoms with E-state index in [1.807, 2.05) is 0 Å². The molecule has 1 rings (SSSR count). The second-order valence-corrected chi connectivity index (χ2v) is 6.17. The van der Waals surface area contributed by atoms with Crippen LogP contribution in [0, 0.1) is 5.92 Å². The summed E-state index contributed by atoms with van der Waals surface area (Å²) in [5.74, 6) is 0.919. The Morgan fingerprint density at radius 1 is 1.32 bits per heavy atom. The van der Waals surface area contributed by atoms with Gasteiger partial charge in [0.05, 0.1) is 6.61 Å². The molecule has 1 fully saturated rings. The van der Waals surface area contributed by atoms with E-state index in [0.29, 0.717) is 18.1 Å². The predicted octanol–water partition coefficient (Wildman–Crippen LogP) is 2.90. The van der Waals surface area contributed by atoms with E-state index in [4.69, 9.17) is 4.74 Å². The lowest BCUT2D eigenvalue weighted by Crippen LogP contribution is -2.55. The van der Waals surface area contributed by atoms with Crippen molar-refractivity contribution in [3.05, 3.63) is 0 Å². The molecule has 3 nitrogen and oxygen atoms in total. The minimum absolute atomic E-state index is 0.497. The van der Waals surface area contributed by atoms with Gasteiger partial charge in [0.15, 0.2) is 0 Å². The fraction of sp³-hybridized carbons (Fsp3) is 1.00. The van der Waals surface area contributed by atoms with Gasteiger partial charge in [0.2, 0.25) is 0 Å². The van der Waals surface area contributed by atoms with Crippen molar-refractivity contribution in [2.75, 3.05) is 27.3 Å². The maximum absolute atomic E-state index is 5.32. The minimum atomic E-state index is 0.497. The molecule has 1 aliphatic rings. The molecule has 0 aromatic rings. The average Bonchev–Trinajstić information content (AvgIpc) is 2.40. The molecule has 0 bridgehead atoms. The van der Waals surface area contributed by atoms with Crippen LogP contribution in [-0.4, -0.2) is 50.3 Å². The summed E-state index contributed by atoms with van der Waals surface area (Å²) in [4.78, 5) is 2.54. The third-order valence-corrected chi connectivity index (χ3v) is 4.71. The Morgan fingerprint density at radius 3 is 2.63 bits per heavy atom. The highest BCUT2D eigenvalue weighted by Gasteiger charge is 2.33. The van der Waals surface area contributed by atoms with Crippen LogP contribution in [-0.2, 0) is 4.74 Å². The normalized spacial score (nSPS) is 29.7. The van der Waals surface area contributed by atoms with Crippen molar-refractivity contribution < 1.29 is 4.74 Å². The Bertz CT molecular complexity index is 231. The van der Waals surface area contributed by atoms with E-state index in [9.17, 15) is 0 Å². The smallest absolute Gasteiger partial charge is 0.0615 e. The van der Waals surface area contributed by atoms with Crippen LogP contribution in [0.1, 0.15) is 52.9 Å². The van der Waals surface area contributed by atoms with Gasteiger partial charge in [0, 0.05) is 25.2 Å². The van der Waals surface area contributed by atoms with E-state index in [1.165, 1.54) is 32.1 Å². The zero-order chi connectivity index (χ0) is 14.3. The number of nitrogens with zero attached hydrogens (tertiary/aromatic N) is 1. The highest BCUT2D eigenvalue weighted by Crippen LogP contribution is 2.31. The van der Waals surface area contributed by atoms with Crippen molar-refractivity contribution in [1.29, 1.82) is 0 Å². The van der Waals surface area contributed by atoms with Gasteiger partial charge in [-0.1, -0.05) is 26.7 Å². The molecular formula is C16H34N2O. The fourth-order valence-electron chi connectivity index (χ4n) is 3.54. The lowest BCUT2D eigenvalue weighted by Gasteiger charge is -2.44. The Labute approximate surface area is 120 Å². The molecule has 1 saturated carbocycles. The maximum atomic E-state index is 5.32. The molecule has 0 radical (unpaired) electrons. The third kappa shape index (κ3) is 5.05. The van der Waals surface area contributed by atoms with E-state index < -0.39 is 0 Å². The zero-order valence-electron chi connectivity index (χ0n) is 13.6. The van der Waals surface area contributed by atoms with E-state index in [1.54, 1.807) is 7.11 Å². The number of rotatable bonds is 8. The maximum Gasteiger partial charge on any atom is 0.0615 e. The molecule has 19 heavy (non-hydrogen) atoms. The van der Waals surface area contributed by atoms with Crippen LogP contribution in [0.2, 0.25) is 0 Å². The van der Waals surface area contributed by atoms with Gasteiger partial charge in [-0.25, -0.2) is 0 Å². The van der Waals surface area contributed by atoms with Crippen molar-refractivity contribution in [2.24, 2.45) is 5.92 Å². The number of likely N-dealkylation sites (N-methyl/N-ethyl adjacent to an activating group) is 2. The molecule has 0 amide bonds. The second-order valence-electron chi connectivity index (χ2n) is 6.17. The van der Waals surface area contributed by atoms with Crippen molar-refractivity contribution in [2.45, 2.75) is 71.0 Å². The molecule has 3 heteroatoms. The minimum Gasteiger partial charge on any atom is -0.383 e. The quantitative estimate of drug-likeness (QED) is 0.734. The molecule has 0 saturated heterocycles. The fourth-order valence-corrected chi connectivity index (χ4v) is 3.54. The van der Waals surface area contributed by atoms with Crippen LogP contribution in [0.5, 0.6) is 0 Å². The van der Waals surface area contributed by atoms with Gasteiger partial charge in [0.25, 0.3) is 0 Å². The van der Waals surface area contributed by atoms with Crippen LogP contribution >= 0.6 is 0 Å². The predicted molar refractivity (Wildman–Crippen MR) is 82.6 cm³/mol. The molecule has 1 N–H and O–H groups in total. The van der Waals surface area contributed by atoms with Gasteiger partial charge in [-0.15, -0.1) is 0 Å². The highest BCUT2D eigenvalue weighted by molar-refractivity contribution is 4.91. The molecule has 0 aliphatic heterocycles. The number of nitrogens with one attached hydrogen (secondary N) is 1. The summed E-state index contributed by atoms with van der Waals surface area (Å²) in [5, 5.41) is 3.69. The van der Waals surface area contributed by atoms with Gasteiger partial charge in [-0.3, -0.25) is 4.90 Å². The van der Waals surface area contributed by atoms with Gasteiger partial charge in [-0.2, -0.15) is 0 Å². The van der Waals surface area contributed by atoms with Crippen LogP contribution < -0.4 is 5.32 Å². The summed E-state index contributed by atoms with van der Waals surface area (Å²) in [6, 6.07) is 1.81. The van der Waals surface area contributed by atoms with E-state index >= 15 is 0 Å². The molecule has 1 aliphatic carbocycles. The van der Waals surface area contributed by atoms with Crippen molar-refractivity contribution in [3.8, 4) is 0 Å². The Kier molecular flexibility index (Phi) is 7.96.